The van der Waals surface area contributed by atoms with Gasteiger partial charge in [0.2, 0.25) is 5.91 Å². The first-order valence-corrected chi connectivity index (χ1v) is 15.2. The number of pyridine rings is 1. The normalized spacial score (nSPS) is 18.9. The highest BCUT2D eigenvalue weighted by molar-refractivity contribution is 6.35. The van der Waals surface area contributed by atoms with Crippen LogP contribution in [0.2, 0.25) is 10.0 Å². The van der Waals surface area contributed by atoms with Crippen molar-refractivity contribution < 1.29 is 19.2 Å². The van der Waals surface area contributed by atoms with E-state index in [1.54, 1.807) is 48.7 Å². The number of rotatable bonds is 6. The second-order valence-electron chi connectivity index (χ2n) is 11.5. The number of nitrogens with zero attached hydrogens (tertiary/aromatic N) is 3. The molecular weight excluding hydrogens is 573 g/mol. The lowest BCUT2D eigenvalue weighted by Gasteiger charge is -2.37. The zero-order chi connectivity index (χ0) is 29.4. The van der Waals surface area contributed by atoms with Gasteiger partial charge >= 0.3 is 0 Å². The van der Waals surface area contributed by atoms with Gasteiger partial charge in [-0.25, -0.2) is 0 Å². The Kier molecular flexibility index (Phi) is 8.26. The zero-order valence-corrected chi connectivity index (χ0v) is 24.6. The van der Waals surface area contributed by atoms with E-state index < -0.39 is 5.92 Å². The van der Waals surface area contributed by atoms with E-state index in [9.17, 15) is 19.2 Å². The summed E-state index contributed by atoms with van der Waals surface area (Å²) < 4.78 is 0. The first-order chi connectivity index (χ1) is 20.3. The molecule has 1 aliphatic carbocycles. The summed E-state index contributed by atoms with van der Waals surface area (Å²) in [5.41, 5.74) is 2.94. The Bertz CT molecular complexity index is 1500. The summed E-state index contributed by atoms with van der Waals surface area (Å²) in [6.07, 6.45) is 4.47. The van der Waals surface area contributed by atoms with Crippen molar-refractivity contribution in [2.75, 3.05) is 26.2 Å². The van der Waals surface area contributed by atoms with Gasteiger partial charge in [0.25, 0.3) is 0 Å². The molecular formula is C33H31Cl2N3O4. The minimum atomic E-state index is -0.881. The SMILES string of the molecule is O=C(c1cc(Cl)cc(Cl)c1)C1CCN(C(=O)C2CCN(Cc3ccnc(C4C(=O)c5ccccc5C4=O)c3)CC2)CC1. The van der Waals surface area contributed by atoms with Crippen molar-refractivity contribution in [3.05, 3.63) is 98.8 Å². The third-order valence-corrected chi connectivity index (χ3v) is 9.23. The van der Waals surface area contributed by atoms with Crippen LogP contribution < -0.4 is 0 Å². The molecule has 42 heavy (non-hydrogen) atoms. The Labute approximate surface area is 254 Å². The van der Waals surface area contributed by atoms with Crippen molar-refractivity contribution in [3.8, 4) is 0 Å². The number of piperidine rings is 2. The van der Waals surface area contributed by atoms with E-state index >= 15 is 0 Å². The van der Waals surface area contributed by atoms with Gasteiger partial charge in [0.1, 0.15) is 5.92 Å². The molecule has 0 spiro atoms. The summed E-state index contributed by atoms with van der Waals surface area (Å²) in [7, 11) is 0. The van der Waals surface area contributed by atoms with E-state index in [0.29, 0.717) is 64.9 Å². The van der Waals surface area contributed by atoms with Crippen molar-refractivity contribution in [2.24, 2.45) is 11.8 Å². The summed E-state index contributed by atoms with van der Waals surface area (Å²) in [5.74, 6) is -1.22. The number of likely N-dealkylation sites (tertiary alicyclic amines) is 2. The average molecular weight is 605 g/mol. The topological polar surface area (TPSA) is 87.7 Å². The number of hydrogen-bond donors (Lipinski definition) is 0. The number of Topliss-reactive ketones (excluding diaryl/α,β-unsaturated/α-hetero) is 3. The second-order valence-corrected chi connectivity index (χ2v) is 12.3. The molecule has 0 radical (unpaired) electrons. The smallest absolute Gasteiger partial charge is 0.225 e. The van der Waals surface area contributed by atoms with Gasteiger partial charge in [-0.05, 0) is 74.7 Å². The van der Waals surface area contributed by atoms with Crippen molar-refractivity contribution in [1.29, 1.82) is 0 Å². The molecule has 6 rings (SSSR count). The zero-order valence-electron chi connectivity index (χ0n) is 23.1. The fraction of sp³-hybridized carbons (Fsp3) is 0.364. The maximum Gasteiger partial charge on any atom is 0.225 e. The molecule has 0 N–H and O–H groups in total. The van der Waals surface area contributed by atoms with E-state index in [1.807, 2.05) is 17.0 Å². The summed E-state index contributed by atoms with van der Waals surface area (Å²) in [6, 6.07) is 15.6. The van der Waals surface area contributed by atoms with Gasteiger partial charge in [0, 0.05) is 64.4 Å². The van der Waals surface area contributed by atoms with Crippen LogP contribution >= 0.6 is 23.2 Å². The molecule has 1 aromatic heterocycles. The highest BCUT2D eigenvalue weighted by Gasteiger charge is 2.40. The van der Waals surface area contributed by atoms with Crippen LogP contribution in [0.1, 0.15) is 73.9 Å². The van der Waals surface area contributed by atoms with Gasteiger partial charge in [0.05, 0.1) is 5.69 Å². The first kappa shape index (κ1) is 28.7. The number of amides is 1. The standard InChI is InChI=1S/C33H31Cl2N3O4/c34-24-16-23(17-25(35)18-24)30(39)21-8-13-38(14-9-21)33(42)22-6-11-37(12-7-22)19-20-5-10-36-28(15-20)29-31(40)26-3-1-2-4-27(26)32(29)41/h1-5,10,15-18,21-22,29H,6-9,11-14,19H2. The monoisotopic (exact) mass is 603 g/mol. The summed E-state index contributed by atoms with van der Waals surface area (Å²) >= 11 is 12.2. The van der Waals surface area contributed by atoms with Crippen molar-refractivity contribution in [3.63, 3.8) is 0 Å². The number of carbonyl (C=O) groups excluding carboxylic acids is 4. The lowest BCUT2D eigenvalue weighted by atomic mass is 9.87. The minimum absolute atomic E-state index is 0.0273. The number of ketones is 3. The molecule has 216 valence electrons. The van der Waals surface area contributed by atoms with Gasteiger partial charge in [0.15, 0.2) is 17.3 Å². The van der Waals surface area contributed by atoms with Gasteiger partial charge in [-0.2, -0.15) is 0 Å². The van der Waals surface area contributed by atoms with E-state index in [0.717, 1.165) is 31.5 Å². The van der Waals surface area contributed by atoms with Crippen LogP contribution in [0.3, 0.4) is 0 Å². The maximum atomic E-state index is 13.3. The lowest BCUT2D eigenvalue weighted by Crippen LogP contribution is -2.46. The number of carbonyl (C=O) groups is 4. The molecule has 2 aliphatic heterocycles. The van der Waals surface area contributed by atoms with Gasteiger partial charge in [-0.15, -0.1) is 0 Å². The largest absolute Gasteiger partial charge is 0.342 e. The third kappa shape index (κ3) is 5.78. The molecule has 1 amide bonds. The van der Waals surface area contributed by atoms with Crippen molar-refractivity contribution >= 4 is 46.5 Å². The van der Waals surface area contributed by atoms with Crippen LogP contribution in [0.15, 0.2) is 60.8 Å². The number of hydrogen-bond acceptors (Lipinski definition) is 6. The molecule has 3 aromatic rings. The highest BCUT2D eigenvalue weighted by atomic mass is 35.5. The number of halogens is 2. The van der Waals surface area contributed by atoms with Crippen LogP contribution in [0.25, 0.3) is 0 Å². The maximum absolute atomic E-state index is 13.3. The molecule has 3 aliphatic rings. The summed E-state index contributed by atoms with van der Waals surface area (Å²) in [4.78, 5) is 60.8. The fourth-order valence-electron chi connectivity index (χ4n) is 6.51. The lowest BCUT2D eigenvalue weighted by molar-refractivity contribution is -0.138. The highest BCUT2D eigenvalue weighted by Crippen LogP contribution is 2.34. The summed E-state index contributed by atoms with van der Waals surface area (Å²) in [5, 5.41) is 0.887. The minimum Gasteiger partial charge on any atom is -0.342 e. The summed E-state index contributed by atoms with van der Waals surface area (Å²) in [6.45, 7) is 3.38. The van der Waals surface area contributed by atoms with Crippen LogP contribution in [0.5, 0.6) is 0 Å². The van der Waals surface area contributed by atoms with Gasteiger partial charge in [-0.1, -0.05) is 47.5 Å². The Morgan fingerprint density at radius 2 is 1.38 bits per heavy atom. The molecule has 9 heteroatoms. The van der Waals surface area contributed by atoms with Gasteiger partial charge < -0.3 is 4.90 Å². The van der Waals surface area contributed by atoms with Crippen LogP contribution in [-0.2, 0) is 11.3 Å². The molecule has 2 fully saturated rings. The Balaban J connectivity index is 1.00. The fourth-order valence-corrected chi connectivity index (χ4v) is 7.04. The van der Waals surface area contributed by atoms with E-state index in [2.05, 4.69) is 9.88 Å². The number of aromatic nitrogens is 1. The Morgan fingerprint density at radius 3 is 2.00 bits per heavy atom. The number of fused-ring (bicyclic) bond motifs is 1. The predicted octanol–water partition coefficient (Wildman–Crippen LogP) is 5.88. The first-order valence-electron chi connectivity index (χ1n) is 14.4. The molecule has 0 bridgehead atoms. The van der Waals surface area contributed by atoms with E-state index in [1.165, 1.54) is 0 Å². The molecule has 7 nitrogen and oxygen atoms in total. The van der Waals surface area contributed by atoms with Crippen LogP contribution in [0, 0.1) is 11.8 Å². The van der Waals surface area contributed by atoms with Crippen LogP contribution in [-0.4, -0.2) is 64.2 Å². The molecule has 2 saturated heterocycles. The van der Waals surface area contributed by atoms with Crippen molar-refractivity contribution in [1.82, 2.24) is 14.8 Å². The number of benzene rings is 2. The predicted molar refractivity (Wildman–Crippen MR) is 160 cm³/mol. The second kappa shape index (κ2) is 12.1. The Hall–Kier alpha value is -3.39. The van der Waals surface area contributed by atoms with E-state index in [4.69, 9.17) is 23.2 Å². The average Bonchev–Trinajstić information content (AvgIpc) is 3.26. The molecule has 0 atom stereocenters. The van der Waals surface area contributed by atoms with Crippen molar-refractivity contribution in [2.45, 2.75) is 38.1 Å². The third-order valence-electron chi connectivity index (χ3n) is 8.79. The van der Waals surface area contributed by atoms with E-state index in [-0.39, 0.29) is 35.1 Å². The van der Waals surface area contributed by atoms with Gasteiger partial charge in [-0.3, -0.25) is 29.1 Å². The molecule has 2 aromatic carbocycles. The molecule has 3 heterocycles. The molecule has 0 saturated carbocycles. The quantitative estimate of drug-likeness (QED) is 0.258. The van der Waals surface area contributed by atoms with Crippen LogP contribution in [0.4, 0.5) is 0 Å². The molecule has 0 unspecified atom stereocenters. The Morgan fingerprint density at radius 1 is 0.786 bits per heavy atom.